The first-order valence-electron chi connectivity index (χ1n) is 5.58. The third-order valence-electron chi connectivity index (χ3n) is 2.70. The lowest BCUT2D eigenvalue weighted by molar-refractivity contribution is -0.385. The molecule has 104 valence electrons. The molecule has 0 amide bonds. The molecule has 0 aliphatic heterocycles. The van der Waals surface area contributed by atoms with Gasteiger partial charge in [0.15, 0.2) is 0 Å². The van der Waals surface area contributed by atoms with Crippen molar-refractivity contribution in [2.24, 2.45) is 7.05 Å². The summed E-state index contributed by atoms with van der Waals surface area (Å²) in [5.74, 6) is -1.13. The van der Waals surface area contributed by atoms with Gasteiger partial charge in [-0.1, -0.05) is 0 Å². The predicted molar refractivity (Wildman–Crippen MR) is 67.6 cm³/mol. The molecule has 0 atom stereocenters. The molecular weight excluding hydrogens is 266 g/mol. The van der Waals surface area contributed by atoms with Crippen LogP contribution in [0.2, 0.25) is 0 Å². The van der Waals surface area contributed by atoms with Crippen LogP contribution in [0, 0.1) is 10.1 Å². The van der Waals surface area contributed by atoms with Gasteiger partial charge in [0.2, 0.25) is 0 Å². The van der Waals surface area contributed by atoms with Crippen LogP contribution in [0.1, 0.15) is 16.1 Å². The summed E-state index contributed by atoms with van der Waals surface area (Å²) in [6.07, 6.45) is 3.22. The Kier molecular flexibility index (Phi) is 3.65. The van der Waals surface area contributed by atoms with Gasteiger partial charge in [-0.2, -0.15) is 0 Å². The zero-order valence-electron chi connectivity index (χ0n) is 10.5. The molecule has 0 aliphatic rings. The predicted octanol–water partition coefficient (Wildman–Crippen LogP) is 1.61. The molecular formula is C12H11N3O5. The summed E-state index contributed by atoms with van der Waals surface area (Å²) in [6.45, 7) is 0.188. The number of ether oxygens (including phenoxy) is 1. The summed E-state index contributed by atoms with van der Waals surface area (Å²) in [5.41, 5.74) is -0.0804. The van der Waals surface area contributed by atoms with Crippen LogP contribution < -0.4 is 4.74 Å². The second kappa shape index (κ2) is 5.39. The molecule has 2 rings (SSSR count). The number of benzene rings is 1. The molecule has 0 fully saturated rings. The standard InChI is InChI=1S/C12H11N3O5/c1-14-7-13-5-8(14)6-20-9-2-3-11(15(18)19)10(4-9)12(16)17/h2-5,7H,6H2,1H3,(H,16,17). The number of imidazole rings is 1. The fourth-order valence-corrected chi connectivity index (χ4v) is 1.62. The average Bonchev–Trinajstić information content (AvgIpc) is 2.81. The molecule has 1 N–H and O–H groups in total. The second-order valence-corrected chi connectivity index (χ2v) is 4.03. The monoisotopic (exact) mass is 277 g/mol. The van der Waals surface area contributed by atoms with Gasteiger partial charge in [-0.3, -0.25) is 10.1 Å². The molecule has 1 aromatic heterocycles. The van der Waals surface area contributed by atoms with E-state index in [1.165, 1.54) is 6.07 Å². The minimum absolute atomic E-state index is 0.188. The number of hydrogen-bond donors (Lipinski definition) is 1. The Morgan fingerprint density at radius 2 is 2.30 bits per heavy atom. The minimum Gasteiger partial charge on any atom is -0.487 e. The molecule has 8 nitrogen and oxygen atoms in total. The third-order valence-corrected chi connectivity index (χ3v) is 2.70. The summed E-state index contributed by atoms with van der Waals surface area (Å²) in [5, 5.41) is 19.7. The topological polar surface area (TPSA) is 107 Å². The van der Waals surface area contributed by atoms with Crippen LogP contribution in [0.5, 0.6) is 5.75 Å². The summed E-state index contributed by atoms with van der Waals surface area (Å²) in [6, 6.07) is 3.61. The molecule has 0 unspecified atom stereocenters. The van der Waals surface area contributed by atoms with Crippen LogP contribution in [-0.2, 0) is 13.7 Å². The normalized spacial score (nSPS) is 10.2. The number of aromatic nitrogens is 2. The van der Waals surface area contributed by atoms with E-state index in [0.717, 1.165) is 17.8 Å². The number of nitrogens with zero attached hydrogens (tertiary/aromatic N) is 3. The van der Waals surface area contributed by atoms with E-state index < -0.39 is 22.1 Å². The maximum absolute atomic E-state index is 11.0. The van der Waals surface area contributed by atoms with Gasteiger partial charge in [0.1, 0.15) is 17.9 Å². The van der Waals surface area contributed by atoms with E-state index in [2.05, 4.69) is 4.98 Å². The molecule has 1 heterocycles. The average molecular weight is 277 g/mol. The smallest absolute Gasteiger partial charge is 0.342 e. The van der Waals surface area contributed by atoms with E-state index in [1.54, 1.807) is 24.1 Å². The van der Waals surface area contributed by atoms with Gasteiger partial charge in [0.05, 0.1) is 23.1 Å². The molecule has 0 spiro atoms. The van der Waals surface area contributed by atoms with E-state index in [4.69, 9.17) is 9.84 Å². The first kappa shape index (κ1) is 13.5. The summed E-state index contributed by atoms with van der Waals surface area (Å²) < 4.78 is 7.16. The number of aromatic carboxylic acids is 1. The Balaban J connectivity index is 2.21. The first-order valence-corrected chi connectivity index (χ1v) is 5.58. The maximum atomic E-state index is 11.0. The third kappa shape index (κ3) is 2.74. The highest BCUT2D eigenvalue weighted by atomic mass is 16.6. The maximum Gasteiger partial charge on any atom is 0.342 e. The fourth-order valence-electron chi connectivity index (χ4n) is 1.62. The Labute approximate surface area is 113 Å². The Morgan fingerprint density at radius 3 is 2.85 bits per heavy atom. The van der Waals surface area contributed by atoms with Crippen molar-refractivity contribution >= 4 is 11.7 Å². The van der Waals surface area contributed by atoms with Gasteiger partial charge < -0.3 is 14.4 Å². The highest BCUT2D eigenvalue weighted by molar-refractivity contribution is 5.92. The largest absolute Gasteiger partial charge is 0.487 e. The van der Waals surface area contributed by atoms with E-state index >= 15 is 0 Å². The minimum atomic E-state index is -1.37. The van der Waals surface area contributed by atoms with Gasteiger partial charge in [-0.25, -0.2) is 9.78 Å². The van der Waals surface area contributed by atoms with Crippen molar-refractivity contribution in [3.63, 3.8) is 0 Å². The van der Waals surface area contributed by atoms with Crippen LogP contribution in [0.3, 0.4) is 0 Å². The molecule has 8 heteroatoms. The van der Waals surface area contributed by atoms with Crippen LogP contribution in [0.25, 0.3) is 0 Å². The molecule has 2 aromatic rings. The zero-order chi connectivity index (χ0) is 14.7. The summed E-state index contributed by atoms with van der Waals surface area (Å²) in [4.78, 5) is 24.9. The number of nitro groups is 1. The van der Waals surface area contributed by atoms with Crippen LogP contribution in [-0.4, -0.2) is 25.6 Å². The molecule has 0 saturated heterocycles. The molecule has 20 heavy (non-hydrogen) atoms. The van der Waals surface area contributed by atoms with Crippen molar-refractivity contribution in [3.05, 3.63) is 52.1 Å². The first-order chi connectivity index (χ1) is 9.49. The molecule has 1 aromatic carbocycles. The van der Waals surface area contributed by atoms with Crippen LogP contribution >= 0.6 is 0 Å². The summed E-state index contributed by atoms with van der Waals surface area (Å²) >= 11 is 0. The number of carboxylic acids is 1. The van der Waals surface area contributed by atoms with E-state index in [1.807, 2.05) is 0 Å². The van der Waals surface area contributed by atoms with E-state index in [0.29, 0.717) is 0 Å². The number of carboxylic acid groups (broad SMARTS) is 1. The van der Waals surface area contributed by atoms with Gasteiger partial charge in [0.25, 0.3) is 5.69 Å². The number of rotatable bonds is 5. The zero-order valence-corrected chi connectivity index (χ0v) is 10.5. The summed E-state index contributed by atoms with van der Waals surface area (Å²) in [7, 11) is 1.80. The van der Waals surface area contributed by atoms with Gasteiger partial charge >= 0.3 is 5.97 Å². The van der Waals surface area contributed by atoms with Crippen molar-refractivity contribution in [1.82, 2.24) is 9.55 Å². The van der Waals surface area contributed by atoms with Crippen molar-refractivity contribution in [3.8, 4) is 5.75 Å². The Morgan fingerprint density at radius 1 is 1.55 bits per heavy atom. The lowest BCUT2D eigenvalue weighted by Gasteiger charge is -2.07. The van der Waals surface area contributed by atoms with Gasteiger partial charge in [-0.05, 0) is 6.07 Å². The highest BCUT2D eigenvalue weighted by Crippen LogP contribution is 2.24. The van der Waals surface area contributed by atoms with Crippen molar-refractivity contribution in [2.75, 3.05) is 0 Å². The fraction of sp³-hybridized carbons (Fsp3) is 0.167. The van der Waals surface area contributed by atoms with Crippen LogP contribution in [0.4, 0.5) is 5.69 Å². The van der Waals surface area contributed by atoms with Crippen molar-refractivity contribution in [1.29, 1.82) is 0 Å². The SMILES string of the molecule is Cn1cncc1COc1ccc([N+](=O)[O-])c(C(=O)O)c1. The van der Waals surface area contributed by atoms with Crippen LogP contribution in [0.15, 0.2) is 30.7 Å². The molecule has 0 saturated carbocycles. The Bertz CT molecular complexity index is 665. The van der Waals surface area contributed by atoms with Crippen molar-refractivity contribution in [2.45, 2.75) is 6.61 Å². The lowest BCUT2D eigenvalue weighted by atomic mass is 10.1. The molecule has 0 bridgehead atoms. The number of aryl methyl sites for hydroxylation is 1. The molecule has 0 aliphatic carbocycles. The Hall–Kier alpha value is -2.90. The van der Waals surface area contributed by atoms with Gasteiger partial charge in [-0.15, -0.1) is 0 Å². The molecule has 0 radical (unpaired) electrons. The van der Waals surface area contributed by atoms with Crippen molar-refractivity contribution < 1.29 is 19.6 Å². The highest BCUT2D eigenvalue weighted by Gasteiger charge is 2.20. The number of hydrogen-bond acceptors (Lipinski definition) is 5. The van der Waals surface area contributed by atoms with Gasteiger partial charge in [0, 0.05) is 19.2 Å². The van der Waals surface area contributed by atoms with E-state index in [9.17, 15) is 14.9 Å². The lowest BCUT2D eigenvalue weighted by Crippen LogP contribution is -2.05. The number of nitro benzene ring substituents is 1. The second-order valence-electron chi connectivity index (χ2n) is 4.03. The quantitative estimate of drug-likeness (QED) is 0.657. The van der Waals surface area contributed by atoms with E-state index in [-0.39, 0.29) is 12.4 Å². The number of carbonyl (C=O) groups is 1.